The molecule has 0 fully saturated rings. The summed E-state index contributed by atoms with van der Waals surface area (Å²) in [5.41, 5.74) is 7.39. The van der Waals surface area contributed by atoms with Gasteiger partial charge in [0.05, 0.1) is 28.7 Å². The number of nitrogens with two attached hydrogens (primary N) is 1. The number of rotatable bonds is 6. The minimum absolute atomic E-state index is 0.397. The minimum Gasteiger partial charge on any atom is -0.396 e. The fourth-order valence-corrected chi connectivity index (χ4v) is 2.04. The first-order valence-corrected chi connectivity index (χ1v) is 6.62. The summed E-state index contributed by atoms with van der Waals surface area (Å²) in [6, 6.07) is 7.77. The first-order valence-electron chi connectivity index (χ1n) is 6.62. The molecule has 5 heteroatoms. The van der Waals surface area contributed by atoms with Gasteiger partial charge in [-0.25, -0.2) is 0 Å². The van der Waals surface area contributed by atoms with Crippen molar-refractivity contribution < 1.29 is 9.84 Å². The lowest BCUT2D eigenvalue weighted by molar-refractivity contribution is 0.0358. The number of benzene rings is 1. The Morgan fingerprint density at radius 2 is 2.15 bits per heavy atom. The Morgan fingerprint density at radius 3 is 2.90 bits per heavy atom. The lowest BCUT2D eigenvalue weighted by Gasteiger charge is -2.24. The average Bonchev–Trinajstić information content (AvgIpc) is 2.44. The number of methoxy groups -OCH3 is 1. The SMILES string of the molecule is COCCC(C)(O)CNc1c(N)cnc2ccccc12. The quantitative estimate of drug-likeness (QED) is 0.751. The van der Waals surface area contributed by atoms with Crippen LogP contribution in [0.2, 0.25) is 0 Å². The van der Waals surface area contributed by atoms with Gasteiger partial charge in [-0.3, -0.25) is 4.98 Å². The topological polar surface area (TPSA) is 80.4 Å². The first kappa shape index (κ1) is 14.6. The number of pyridine rings is 1. The molecule has 0 amide bonds. The van der Waals surface area contributed by atoms with Crippen LogP contribution in [0.15, 0.2) is 30.5 Å². The summed E-state index contributed by atoms with van der Waals surface area (Å²) in [6.07, 6.45) is 2.19. The molecule has 1 aromatic heterocycles. The number of para-hydroxylation sites is 1. The summed E-state index contributed by atoms with van der Waals surface area (Å²) in [7, 11) is 1.62. The molecule has 0 bridgehead atoms. The van der Waals surface area contributed by atoms with Crippen LogP contribution in [0.1, 0.15) is 13.3 Å². The van der Waals surface area contributed by atoms with E-state index in [0.29, 0.717) is 25.3 Å². The molecular formula is C15H21N3O2. The molecule has 2 aromatic rings. The summed E-state index contributed by atoms with van der Waals surface area (Å²) >= 11 is 0. The number of nitrogens with one attached hydrogen (secondary N) is 1. The molecule has 1 heterocycles. The number of ether oxygens (including phenoxy) is 1. The number of nitrogen functional groups attached to an aromatic ring is 1. The predicted molar refractivity (Wildman–Crippen MR) is 81.8 cm³/mol. The van der Waals surface area contributed by atoms with Gasteiger partial charge < -0.3 is 20.9 Å². The second-order valence-corrected chi connectivity index (χ2v) is 5.20. The highest BCUT2D eigenvalue weighted by Crippen LogP contribution is 2.28. The van der Waals surface area contributed by atoms with Crippen molar-refractivity contribution in [3.63, 3.8) is 0 Å². The molecule has 2 rings (SSSR count). The molecule has 5 nitrogen and oxygen atoms in total. The number of aromatic nitrogens is 1. The Labute approximate surface area is 118 Å². The molecule has 0 aliphatic heterocycles. The van der Waals surface area contributed by atoms with Gasteiger partial charge >= 0.3 is 0 Å². The largest absolute Gasteiger partial charge is 0.396 e. The van der Waals surface area contributed by atoms with E-state index in [-0.39, 0.29) is 0 Å². The number of nitrogens with zero attached hydrogens (tertiary/aromatic N) is 1. The number of hydrogen-bond acceptors (Lipinski definition) is 5. The summed E-state index contributed by atoms with van der Waals surface area (Å²) in [5.74, 6) is 0. The van der Waals surface area contributed by atoms with Crippen LogP contribution in [0.4, 0.5) is 11.4 Å². The zero-order valence-corrected chi connectivity index (χ0v) is 11.9. The lowest BCUT2D eigenvalue weighted by Crippen LogP contribution is -2.34. The maximum Gasteiger partial charge on any atom is 0.0813 e. The van der Waals surface area contributed by atoms with E-state index in [4.69, 9.17) is 10.5 Å². The fourth-order valence-electron chi connectivity index (χ4n) is 2.04. The van der Waals surface area contributed by atoms with Gasteiger partial charge in [-0.15, -0.1) is 0 Å². The highest BCUT2D eigenvalue weighted by molar-refractivity contribution is 5.96. The van der Waals surface area contributed by atoms with Crippen LogP contribution >= 0.6 is 0 Å². The third-order valence-electron chi connectivity index (χ3n) is 3.30. The Morgan fingerprint density at radius 1 is 1.40 bits per heavy atom. The second kappa shape index (κ2) is 6.07. The predicted octanol–water partition coefficient (Wildman–Crippen LogP) is 2.02. The summed E-state index contributed by atoms with van der Waals surface area (Å²) in [5, 5.41) is 14.5. The molecule has 20 heavy (non-hydrogen) atoms. The zero-order valence-electron chi connectivity index (χ0n) is 11.9. The van der Waals surface area contributed by atoms with E-state index in [1.54, 1.807) is 20.2 Å². The molecular weight excluding hydrogens is 254 g/mol. The Bertz CT molecular complexity index is 584. The highest BCUT2D eigenvalue weighted by Gasteiger charge is 2.20. The van der Waals surface area contributed by atoms with Gasteiger partial charge in [0, 0.05) is 32.1 Å². The van der Waals surface area contributed by atoms with Gasteiger partial charge in [0.1, 0.15) is 0 Å². The van der Waals surface area contributed by atoms with Crippen LogP contribution in [-0.4, -0.2) is 36.0 Å². The van der Waals surface area contributed by atoms with Crippen LogP contribution in [0.3, 0.4) is 0 Å². The lowest BCUT2D eigenvalue weighted by atomic mass is 10.0. The molecule has 0 saturated carbocycles. The van der Waals surface area contributed by atoms with Crippen LogP contribution in [-0.2, 0) is 4.74 Å². The number of anilines is 2. The van der Waals surface area contributed by atoms with Crippen molar-refractivity contribution >= 4 is 22.3 Å². The van der Waals surface area contributed by atoms with Gasteiger partial charge in [0.15, 0.2) is 0 Å². The summed E-state index contributed by atoms with van der Waals surface area (Å²) < 4.78 is 5.00. The molecule has 108 valence electrons. The van der Waals surface area contributed by atoms with Gasteiger partial charge in [-0.1, -0.05) is 18.2 Å². The fraction of sp³-hybridized carbons (Fsp3) is 0.400. The van der Waals surface area contributed by atoms with Crippen LogP contribution in [0.25, 0.3) is 10.9 Å². The van der Waals surface area contributed by atoms with E-state index >= 15 is 0 Å². The van der Waals surface area contributed by atoms with Crippen LogP contribution < -0.4 is 11.1 Å². The van der Waals surface area contributed by atoms with Crippen LogP contribution in [0, 0.1) is 0 Å². The molecule has 0 radical (unpaired) electrons. The molecule has 1 aromatic carbocycles. The van der Waals surface area contributed by atoms with E-state index in [0.717, 1.165) is 16.6 Å². The normalized spacial score (nSPS) is 14.2. The number of hydrogen-bond donors (Lipinski definition) is 3. The van der Waals surface area contributed by atoms with Crippen LogP contribution in [0.5, 0.6) is 0 Å². The third kappa shape index (κ3) is 3.37. The highest BCUT2D eigenvalue weighted by atomic mass is 16.5. The molecule has 1 atom stereocenters. The average molecular weight is 275 g/mol. The maximum atomic E-state index is 10.3. The first-order chi connectivity index (χ1) is 9.53. The van der Waals surface area contributed by atoms with E-state index in [1.165, 1.54) is 0 Å². The maximum absolute atomic E-state index is 10.3. The zero-order chi connectivity index (χ0) is 14.6. The van der Waals surface area contributed by atoms with Gasteiger partial charge in [-0.05, 0) is 13.0 Å². The Kier molecular flexibility index (Phi) is 4.42. The molecule has 0 spiro atoms. The molecule has 0 aliphatic carbocycles. The Balaban J connectivity index is 2.19. The summed E-state index contributed by atoms with van der Waals surface area (Å²) in [4.78, 5) is 4.29. The third-order valence-corrected chi connectivity index (χ3v) is 3.30. The molecule has 4 N–H and O–H groups in total. The molecule has 0 aliphatic rings. The second-order valence-electron chi connectivity index (χ2n) is 5.20. The van der Waals surface area contributed by atoms with Crippen molar-refractivity contribution in [3.8, 4) is 0 Å². The van der Waals surface area contributed by atoms with E-state index in [2.05, 4.69) is 10.3 Å². The van der Waals surface area contributed by atoms with E-state index in [9.17, 15) is 5.11 Å². The Hall–Kier alpha value is -1.85. The van der Waals surface area contributed by atoms with Gasteiger partial charge in [-0.2, -0.15) is 0 Å². The standard InChI is InChI=1S/C15H21N3O2/c1-15(19,7-8-20-2)10-18-14-11-5-3-4-6-13(11)17-9-12(14)16/h3-6,9,19H,7-8,10,16H2,1-2H3,(H,17,18). The van der Waals surface area contributed by atoms with Crippen molar-refractivity contribution in [2.45, 2.75) is 18.9 Å². The van der Waals surface area contributed by atoms with Crippen molar-refractivity contribution in [2.75, 3.05) is 31.3 Å². The van der Waals surface area contributed by atoms with E-state index < -0.39 is 5.60 Å². The van der Waals surface area contributed by atoms with Gasteiger partial charge in [0.25, 0.3) is 0 Å². The smallest absolute Gasteiger partial charge is 0.0813 e. The van der Waals surface area contributed by atoms with Crippen molar-refractivity contribution in [1.82, 2.24) is 4.98 Å². The van der Waals surface area contributed by atoms with Crippen molar-refractivity contribution in [3.05, 3.63) is 30.5 Å². The monoisotopic (exact) mass is 275 g/mol. The summed E-state index contributed by atoms with van der Waals surface area (Å²) in [6.45, 7) is 2.69. The van der Waals surface area contributed by atoms with Gasteiger partial charge in [0.2, 0.25) is 0 Å². The number of aliphatic hydroxyl groups is 1. The molecule has 0 saturated heterocycles. The molecule has 1 unspecified atom stereocenters. The van der Waals surface area contributed by atoms with Crippen molar-refractivity contribution in [2.24, 2.45) is 0 Å². The van der Waals surface area contributed by atoms with E-state index in [1.807, 2.05) is 24.3 Å². The van der Waals surface area contributed by atoms with Crippen molar-refractivity contribution in [1.29, 1.82) is 0 Å². The minimum atomic E-state index is -0.854. The number of fused-ring (bicyclic) bond motifs is 1.